The number of hydrogen-bond donors (Lipinski definition) is 1. The minimum Gasteiger partial charge on any atom is -0.354 e. The molecule has 0 aliphatic heterocycles. The summed E-state index contributed by atoms with van der Waals surface area (Å²) in [6.45, 7) is 7.15. The molecule has 4 heteroatoms. The van der Waals surface area contributed by atoms with Gasteiger partial charge in [-0.3, -0.25) is 4.98 Å². The molecule has 0 aromatic carbocycles. The lowest BCUT2D eigenvalue weighted by Gasteiger charge is -2.07. The summed E-state index contributed by atoms with van der Waals surface area (Å²) in [5.74, 6) is 0.715. The lowest BCUT2D eigenvalue weighted by Crippen LogP contribution is -2.07. The highest BCUT2D eigenvalue weighted by Gasteiger charge is 2.04. The molecule has 20 heavy (non-hydrogen) atoms. The molecule has 4 nitrogen and oxygen atoms in total. The molecule has 0 bridgehead atoms. The van der Waals surface area contributed by atoms with Crippen molar-refractivity contribution >= 4 is 5.95 Å². The molecule has 0 radical (unpaired) electrons. The van der Waals surface area contributed by atoms with E-state index in [1.54, 1.807) is 0 Å². The van der Waals surface area contributed by atoms with Gasteiger partial charge in [-0.25, -0.2) is 9.97 Å². The Hall–Kier alpha value is -1.97. The van der Waals surface area contributed by atoms with Crippen molar-refractivity contribution in [2.24, 2.45) is 0 Å². The first-order valence-electron chi connectivity index (χ1n) is 7.23. The van der Waals surface area contributed by atoms with Crippen LogP contribution in [0.15, 0.2) is 24.4 Å². The number of nitrogens with zero attached hydrogens (tertiary/aromatic N) is 3. The number of nitrogens with one attached hydrogen (secondary N) is 1. The standard InChI is InChI=1S/C16H22N4/c1-4-8-17-16-19-12(3)9-15(20-16)10-14-7-6-13(5-2)11-18-14/h6-7,9,11H,4-5,8,10H2,1-3H3,(H,17,19,20). The molecule has 2 aromatic rings. The Morgan fingerprint density at radius 1 is 1.10 bits per heavy atom. The van der Waals surface area contributed by atoms with Gasteiger partial charge in [-0.1, -0.05) is 19.9 Å². The van der Waals surface area contributed by atoms with Crippen LogP contribution in [0.25, 0.3) is 0 Å². The lowest BCUT2D eigenvalue weighted by molar-refractivity contribution is 0.918. The molecule has 0 atom stereocenters. The number of pyridine rings is 1. The molecule has 0 saturated carbocycles. The van der Waals surface area contributed by atoms with Crippen LogP contribution in [0.4, 0.5) is 5.95 Å². The van der Waals surface area contributed by atoms with Crippen molar-refractivity contribution in [1.29, 1.82) is 0 Å². The topological polar surface area (TPSA) is 50.7 Å². The van der Waals surface area contributed by atoms with Crippen molar-refractivity contribution in [1.82, 2.24) is 15.0 Å². The zero-order valence-electron chi connectivity index (χ0n) is 12.5. The Morgan fingerprint density at radius 2 is 1.95 bits per heavy atom. The summed E-state index contributed by atoms with van der Waals surface area (Å²) in [7, 11) is 0. The highest BCUT2D eigenvalue weighted by molar-refractivity contribution is 5.29. The van der Waals surface area contributed by atoms with E-state index in [9.17, 15) is 0 Å². The van der Waals surface area contributed by atoms with Crippen molar-refractivity contribution in [2.45, 2.75) is 40.0 Å². The van der Waals surface area contributed by atoms with Gasteiger partial charge >= 0.3 is 0 Å². The molecule has 2 heterocycles. The van der Waals surface area contributed by atoms with Crippen LogP contribution in [0.2, 0.25) is 0 Å². The van der Waals surface area contributed by atoms with Crippen LogP contribution >= 0.6 is 0 Å². The zero-order chi connectivity index (χ0) is 14.4. The second-order valence-corrected chi connectivity index (χ2v) is 4.94. The first-order valence-corrected chi connectivity index (χ1v) is 7.23. The third kappa shape index (κ3) is 4.02. The molecule has 2 aromatic heterocycles. The number of hydrogen-bond acceptors (Lipinski definition) is 4. The first-order chi connectivity index (χ1) is 9.71. The molecule has 0 aliphatic carbocycles. The predicted octanol–water partition coefficient (Wildman–Crippen LogP) is 3.16. The SMILES string of the molecule is CCCNc1nc(C)cc(Cc2ccc(CC)cn2)n1. The second kappa shape index (κ2) is 6.98. The van der Waals surface area contributed by atoms with Crippen molar-refractivity contribution in [2.75, 3.05) is 11.9 Å². The third-order valence-corrected chi connectivity index (χ3v) is 3.10. The summed E-state index contributed by atoms with van der Waals surface area (Å²) in [6, 6.07) is 6.23. The van der Waals surface area contributed by atoms with E-state index in [1.807, 2.05) is 19.2 Å². The van der Waals surface area contributed by atoms with Crippen molar-refractivity contribution in [3.05, 3.63) is 47.0 Å². The Balaban J connectivity index is 2.12. The fraction of sp³-hybridized carbons (Fsp3) is 0.438. The fourth-order valence-electron chi connectivity index (χ4n) is 1.99. The second-order valence-electron chi connectivity index (χ2n) is 4.94. The molecule has 0 spiro atoms. The van der Waals surface area contributed by atoms with Crippen LogP contribution in [0.5, 0.6) is 0 Å². The normalized spacial score (nSPS) is 10.6. The predicted molar refractivity (Wildman–Crippen MR) is 82.0 cm³/mol. The van der Waals surface area contributed by atoms with Gasteiger partial charge in [0, 0.05) is 30.6 Å². The number of aryl methyl sites for hydroxylation is 2. The Kier molecular flexibility index (Phi) is 5.04. The van der Waals surface area contributed by atoms with Gasteiger partial charge in [-0.15, -0.1) is 0 Å². The van der Waals surface area contributed by atoms with Gasteiger partial charge in [-0.05, 0) is 37.5 Å². The molecule has 0 fully saturated rings. The van der Waals surface area contributed by atoms with Gasteiger partial charge in [0.2, 0.25) is 5.95 Å². The molecule has 0 aliphatic rings. The minimum absolute atomic E-state index is 0.715. The van der Waals surface area contributed by atoms with Crippen LogP contribution in [0.1, 0.15) is 42.9 Å². The van der Waals surface area contributed by atoms with Crippen LogP contribution in [-0.4, -0.2) is 21.5 Å². The Morgan fingerprint density at radius 3 is 2.60 bits per heavy atom. The highest BCUT2D eigenvalue weighted by Crippen LogP contribution is 2.10. The maximum atomic E-state index is 4.55. The number of anilines is 1. The van der Waals surface area contributed by atoms with E-state index in [-0.39, 0.29) is 0 Å². The zero-order valence-corrected chi connectivity index (χ0v) is 12.5. The van der Waals surface area contributed by atoms with E-state index in [1.165, 1.54) is 5.56 Å². The maximum Gasteiger partial charge on any atom is 0.223 e. The van der Waals surface area contributed by atoms with E-state index >= 15 is 0 Å². The van der Waals surface area contributed by atoms with Gasteiger partial charge in [0.25, 0.3) is 0 Å². The van der Waals surface area contributed by atoms with Crippen LogP contribution in [0, 0.1) is 6.92 Å². The van der Waals surface area contributed by atoms with E-state index in [2.05, 4.69) is 46.2 Å². The quantitative estimate of drug-likeness (QED) is 0.876. The van der Waals surface area contributed by atoms with Gasteiger partial charge in [0.15, 0.2) is 0 Å². The largest absolute Gasteiger partial charge is 0.354 e. The van der Waals surface area contributed by atoms with Gasteiger partial charge in [0.05, 0.1) is 5.69 Å². The first kappa shape index (κ1) is 14.4. The van der Waals surface area contributed by atoms with Gasteiger partial charge in [-0.2, -0.15) is 0 Å². The van der Waals surface area contributed by atoms with E-state index in [0.29, 0.717) is 5.95 Å². The molecule has 2 rings (SSSR count). The number of rotatable bonds is 6. The lowest BCUT2D eigenvalue weighted by atomic mass is 10.1. The summed E-state index contributed by atoms with van der Waals surface area (Å²) in [4.78, 5) is 13.4. The summed E-state index contributed by atoms with van der Waals surface area (Å²) in [5, 5.41) is 3.24. The van der Waals surface area contributed by atoms with E-state index in [4.69, 9.17) is 0 Å². The average Bonchev–Trinajstić information content (AvgIpc) is 2.45. The molecule has 106 valence electrons. The summed E-state index contributed by atoms with van der Waals surface area (Å²) >= 11 is 0. The Bertz CT molecular complexity index is 549. The monoisotopic (exact) mass is 270 g/mol. The van der Waals surface area contributed by atoms with Crippen LogP contribution < -0.4 is 5.32 Å². The maximum absolute atomic E-state index is 4.55. The fourth-order valence-corrected chi connectivity index (χ4v) is 1.99. The van der Waals surface area contributed by atoms with Gasteiger partial charge < -0.3 is 5.32 Å². The van der Waals surface area contributed by atoms with Crippen molar-refractivity contribution < 1.29 is 0 Å². The smallest absolute Gasteiger partial charge is 0.223 e. The molecule has 0 unspecified atom stereocenters. The summed E-state index contributed by atoms with van der Waals surface area (Å²) < 4.78 is 0. The number of aromatic nitrogens is 3. The van der Waals surface area contributed by atoms with Crippen molar-refractivity contribution in [3.8, 4) is 0 Å². The molecular formula is C16H22N4. The van der Waals surface area contributed by atoms with E-state index < -0.39 is 0 Å². The molecular weight excluding hydrogens is 248 g/mol. The van der Waals surface area contributed by atoms with Gasteiger partial charge in [0.1, 0.15) is 0 Å². The molecule has 1 N–H and O–H groups in total. The average molecular weight is 270 g/mol. The van der Waals surface area contributed by atoms with E-state index in [0.717, 1.165) is 42.9 Å². The third-order valence-electron chi connectivity index (χ3n) is 3.10. The molecule has 0 amide bonds. The van der Waals surface area contributed by atoms with Crippen molar-refractivity contribution in [3.63, 3.8) is 0 Å². The van der Waals surface area contributed by atoms with Crippen LogP contribution in [0.3, 0.4) is 0 Å². The van der Waals surface area contributed by atoms with Crippen LogP contribution in [-0.2, 0) is 12.8 Å². The summed E-state index contributed by atoms with van der Waals surface area (Å²) in [6.07, 6.45) is 4.77. The Labute approximate surface area is 120 Å². The molecule has 0 saturated heterocycles. The minimum atomic E-state index is 0.715. The highest BCUT2D eigenvalue weighted by atomic mass is 15.1. The summed E-state index contributed by atoms with van der Waals surface area (Å²) in [5.41, 5.74) is 4.30.